The molecule has 1 aliphatic carbocycles. The van der Waals surface area contributed by atoms with Crippen LogP contribution in [0.25, 0.3) is 11.1 Å². The summed E-state index contributed by atoms with van der Waals surface area (Å²) in [5, 5.41) is 9.66. The molecule has 222 valence electrons. The Balaban J connectivity index is 1.27. The van der Waals surface area contributed by atoms with Crippen molar-refractivity contribution in [1.29, 1.82) is 0 Å². The van der Waals surface area contributed by atoms with E-state index in [9.17, 15) is 9.59 Å². The normalized spacial score (nSPS) is 12.7. The van der Waals surface area contributed by atoms with Crippen LogP contribution in [0.1, 0.15) is 37.8 Å². The molecule has 1 unspecified atom stereocenters. The second kappa shape index (κ2) is 14.2. The summed E-state index contributed by atoms with van der Waals surface area (Å²) in [6.07, 6.45) is -0.652. The van der Waals surface area contributed by atoms with Crippen LogP contribution in [0.4, 0.5) is 21.9 Å². The topological polar surface area (TPSA) is 88.7 Å². The van der Waals surface area contributed by atoms with Crippen LogP contribution in [0.3, 0.4) is 0 Å². The quantitative estimate of drug-likeness (QED) is 0.114. The Morgan fingerprint density at radius 2 is 1.47 bits per heavy atom. The smallest absolute Gasteiger partial charge is 0.407 e. The number of amides is 1. The summed E-state index contributed by atoms with van der Waals surface area (Å²) in [7, 11) is 0. The SMILES string of the molecule is CCOC(=O)C(CSc1cc(Nc2ccccc2)ccc1NC(C)C)NC(=O)OCC1c2ccccc2-c2ccccc21. The van der Waals surface area contributed by atoms with Crippen molar-refractivity contribution >= 4 is 40.9 Å². The zero-order valence-electron chi connectivity index (χ0n) is 24.6. The first-order chi connectivity index (χ1) is 20.9. The summed E-state index contributed by atoms with van der Waals surface area (Å²) in [6, 6.07) is 31.7. The van der Waals surface area contributed by atoms with Crippen molar-refractivity contribution in [2.45, 2.75) is 43.7 Å². The van der Waals surface area contributed by atoms with Crippen LogP contribution >= 0.6 is 11.8 Å². The van der Waals surface area contributed by atoms with E-state index >= 15 is 0 Å². The summed E-state index contributed by atoms with van der Waals surface area (Å²) in [4.78, 5) is 26.9. The first-order valence-electron chi connectivity index (χ1n) is 14.6. The molecule has 0 spiro atoms. The lowest BCUT2D eigenvalue weighted by Gasteiger charge is -2.20. The number of benzene rings is 4. The molecule has 1 atom stereocenters. The zero-order chi connectivity index (χ0) is 30.2. The van der Waals surface area contributed by atoms with Gasteiger partial charge in [0.25, 0.3) is 0 Å². The van der Waals surface area contributed by atoms with Crippen LogP contribution < -0.4 is 16.0 Å². The standard InChI is InChI=1S/C35H37N3O4S/c1-4-41-34(39)32(22-43-33-20-25(18-19-31(33)36-23(2)3)37-24-12-6-5-7-13-24)38-35(40)42-21-30-28-16-10-8-14-26(28)27-15-9-11-17-29(27)30/h5-20,23,30,32,36-37H,4,21-22H2,1-3H3,(H,38,40). The summed E-state index contributed by atoms with van der Waals surface area (Å²) in [6.45, 7) is 6.27. The highest BCUT2D eigenvalue weighted by molar-refractivity contribution is 7.99. The van der Waals surface area contributed by atoms with Crippen LogP contribution in [-0.4, -0.2) is 43.1 Å². The number of anilines is 3. The van der Waals surface area contributed by atoms with Crippen molar-refractivity contribution in [2.24, 2.45) is 0 Å². The van der Waals surface area contributed by atoms with Crippen molar-refractivity contribution in [3.05, 3.63) is 108 Å². The van der Waals surface area contributed by atoms with Gasteiger partial charge in [0.1, 0.15) is 12.6 Å². The van der Waals surface area contributed by atoms with Gasteiger partial charge in [0.2, 0.25) is 0 Å². The van der Waals surface area contributed by atoms with E-state index in [1.54, 1.807) is 6.92 Å². The number of carbonyl (C=O) groups is 2. The third-order valence-corrected chi connectivity index (χ3v) is 8.25. The first kappa shape index (κ1) is 30.0. The van der Waals surface area contributed by atoms with E-state index in [0.717, 1.165) is 44.2 Å². The third kappa shape index (κ3) is 7.51. The van der Waals surface area contributed by atoms with Gasteiger partial charge in [0.15, 0.2) is 0 Å². The summed E-state index contributed by atoms with van der Waals surface area (Å²) in [5.41, 5.74) is 7.41. The molecule has 0 aliphatic heterocycles. The number of carbonyl (C=O) groups excluding carboxylic acids is 2. The van der Waals surface area contributed by atoms with Gasteiger partial charge in [-0.15, -0.1) is 11.8 Å². The van der Waals surface area contributed by atoms with Crippen LogP contribution in [0.2, 0.25) is 0 Å². The number of hydrogen-bond acceptors (Lipinski definition) is 7. The molecule has 0 bridgehead atoms. The Bertz CT molecular complexity index is 1510. The fourth-order valence-corrected chi connectivity index (χ4v) is 6.26. The number of esters is 1. The molecule has 0 saturated heterocycles. The molecule has 0 saturated carbocycles. The van der Waals surface area contributed by atoms with E-state index in [4.69, 9.17) is 9.47 Å². The second-order valence-corrected chi connectivity index (χ2v) is 11.6. The van der Waals surface area contributed by atoms with Gasteiger partial charge in [-0.25, -0.2) is 9.59 Å². The second-order valence-electron chi connectivity index (χ2n) is 10.6. The van der Waals surface area contributed by atoms with Crippen LogP contribution in [0.5, 0.6) is 0 Å². The van der Waals surface area contributed by atoms with Gasteiger partial charge in [0, 0.05) is 39.7 Å². The predicted molar refractivity (Wildman–Crippen MR) is 174 cm³/mol. The molecular weight excluding hydrogens is 558 g/mol. The number of rotatable bonds is 12. The van der Waals surface area contributed by atoms with Crippen molar-refractivity contribution in [2.75, 3.05) is 29.6 Å². The fourth-order valence-electron chi connectivity index (χ4n) is 5.20. The highest BCUT2D eigenvalue weighted by Gasteiger charge is 2.30. The Morgan fingerprint density at radius 1 is 0.814 bits per heavy atom. The zero-order valence-corrected chi connectivity index (χ0v) is 25.4. The van der Waals surface area contributed by atoms with Gasteiger partial charge < -0.3 is 25.4 Å². The molecule has 0 aromatic heterocycles. The minimum atomic E-state index is -0.891. The fraction of sp³-hybridized carbons (Fsp3) is 0.257. The van der Waals surface area contributed by atoms with E-state index in [0.29, 0.717) is 0 Å². The molecule has 1 amide bonds. The average molecular weight is 596 g/mol. The molecular formula is C35H37N3O4S. The highest BCUT2D eigenvalue weighted by atomic mass is 32.2. The number of fused-ring (bicyclic) bond motifs is 3. The molecule has 7 nitrogen and oxygen atoms in total. The van der Waals surface area contributed by atoms with E-state index in [1.165, 1.54) is 11.8 Å². The number of thioether (sulfide) groups is 1. The molecule has 0 fully saturated rings. The molecule has 1 aliphatic rings. The van der Waals surface area contributed by atoms with Crippen molar-refractivity contribution < 1.29 is 19.1 Å². The monoisotopic (exact) mass is 595 g/mol. The van der Waals surface area contributed by atoms with E-state index in [-0.39, 0.29) is 30.9 Å². The molecule has 3 N–H and O–H groups in total. The average Bonchev–Trinajstić information content (AvgIpc) is 3.33. The first-order valence-corrected chi connectivity index (χ1v) is 15.5. The number of para-hydroxylation sites is 1. The molecule has 0 heterocycles. The molecule has 4 aromatic carbocycles. The molecule has 0 radical (unpaired) electrons. The van der Waals surface area contributed by atoms with Crippen LogP contribution in [-0.2, 0) is 14.3 Å². The van der Waals surface area contributed by atoms with Gasteiger partial charge in [-0.3, -0.25) is 0 Å². The summed E-state index contributed by atoms with van der Waals surface area (Å²) >= 11 is 1.47. The van der Waals surface area contributed by atoms with Gasteiger partial charge in [-0.2, -0.15) is 0 Å². The number of hydrogen-bond donors (Lipinski definition) is 3. The van der Waals surface area contributed by atoms with E-state index in [2.05, 4.69) is 54.1 Å². The molecule has 43 heavy (non-hydrogen) atoms. The maximum absolute atomic E-state index is 13.1. The lowest BCUT2D eigenvalue weighted by atomic mass is 9.98. The van der Waals surface area contributed by atoms with E-state index in [1.807, 2.05) is 72.8 Å². The van der Waals surface area contributed by atoms with Gasteiger partial charge in [-0.05, 0) is 73.4 Å². The highest BCUT2D eigenvalue weighted by Crippen LogP contribution is 2.44. The third-order valence-electron chi connectivity index (χ3n) is 7.10. The van der Waals surface area contributed by atoms with Crippen molar-refractivity contribution in [1.82, 2.24) is 5.32 Å². The summed E-state index contributed by atoms with van der Waals surface area (Å²) in [5.74, 6) is -0.302. The maximum Gasteiger partial charge on any atom is 0.407 e. The maximum atomic E-state index is 13.1. The number of nitrogens with one attached hydrogen (secondary N) is 3. The lowest BCUT2D eigenvalue weighted by molar-refractivity contribution is -0.144. The Kier molecular flexibility index (Phi) is 9.89. The Morgan fingerprint density at radius 3 is 2.12 bits per heavy atom. The Hall–Kier alpha value is -4.43. The predicted octanol–water partition coefficient (Wildman–Crippen LogP) is 7.81. The van der Waals surface area contributed by atoms with Crippen LogP contribution in [0.15, 0.2) is 102 Å². The van der Waals surface area contributed by atoms with Gasteiger partial charge >= 0.3 is 12.1 Å². The largest absolute Gasteiger partial charge is 0.464 e. The van der Waals surface area contributed by atoms with E-state index < -0.39 is 18.1 Å². The lowest BCUT2D eigenvalue weighted by Crippen LogP contribution is -2.44. The summed E-state index contributed by atoms with van der Waals surface area (Å²) < 4.78 is 11.0. The molecule has 5 rings (SSSR count). The van der Waals surface area contributed by atoms with Crippen molar-refractivity contribution in [3.8, 4) is 11.1 Å². The van der Waals surface area contributed by atoms with Gasteiger partial charge in [0.05, 0.1) is 6.61 Å². The minimum Gasteiger partial charge on any atom is -0.464 e. The minimum absolute atomic E-state index is 0.0712. The molecule has 8 heteroatoms. The Labute approximate surface area is 257 Å². The van der Waals surface area contributed by atoms with Crippen LogP contribution in [0, 0.1) is 0 Å². The van der Waals surface area contributed by atoms with Gasteiger partial charge in [-0.1, -0.05) is 66.7 Å². The van der Waals surface area contributed by atoms with Crippen molar-refractivity contribution in [3.63, 3.8) is 0 Å². The number of ether oxygens (including phenoxy) is 2. The number of alkyl carbamates (subject to hydrolysis) is 1. The molecule has 4 aromatic rings.